The van der Waals surface area contributed by atoms with Gasteiger partial charge in [-0.3, -0.25) is 9.59 Å². The van der Waals surface area contributed by atoms with E-state index in [1.807, 2.05) is 38.1 Å². The minimum Gasteiger partial charge on any atom is -0.324 e. The van der Waals surface area contributed by atoms with Crippen LogP contribution in [0.4, 0.5) is 11.4 Å². The molecule has 0 aliphatic carbocycles. The lowest BCUT2D eigenvalue weighted by molar-refractivity contribution is -0.120. The Balaban J connectivity index is 2.22. The van der Waals surface area contributed by atoms with Crippen LogP contribution in [0, 0.1) is 18.3 Å². The van der Waals surface area contributed by atoms with Crippen molar-refractivity contribution in [3.05, 3.63) is 59.2 Å². The molecule has 0 unspecified atom stereocenters. The second kappa shape index (κ2) is 8.11. The molecule has 0 heterocycles. The Kier molecular flexibility index (Phi) is 5.91. The number of nitriles is 1. The summed E-state index contributed by atoms with van der Waals surface area (Å²) in [5.41, 5.74) is 3.80. The van der Waals surface area contributed by atoms with Crippen LogP contribution in [-0.4, -0.2) is 18.4 Å². The van der Waals surface area contributed by atoms with E-state index in [0.29, 0.717) is 11.3 Å². The van der Waals surface area contributed by atoms with E-state index in [-0.39, 0.29) is 18.4 Å². The zero-order valence-corrected chi connectivity index (χ0v) is 14.7. The molecule has 0 spiro atoms. The van der Waals surface area contributed by atoms with E-state index in [9.17, 15) is 9.59 Å². The van der Waals surface area contributed by atoms with Gasteiger partial charge in [0.2, 0.25) is 11.8 Å². The van der Waals surface area contributed by atoms with Crippen molar-refractivity contribution in [1.82, 2.24) is 0 Å². The van der Waals surface area contributed by atoms with E-state index in [0.717, 1.165) is 23.2 Å². The number of benzene rings is 2. The lowest BCUT2D eigenvalue weighted by Crippen LogP contribution is -2.37. The fourth-order valence-corrected chi connectivity index (χ4v) is 2.65. The second-order valence-electron chi connectivity index (χ2n) is 5.78. The van der Waals surface area contributed by atoms with E-state index >= 15 is 0 Å². The summed E-state index contributed by atoms with van der Waals surface area (Å²) in [6.45, 7) is 5.26. The van der Waals surface area contributed by atoms with Crippen molar-refractivity contribution in [3.8, 4) is 6.07 Å². The molecule has 5 heteroatoms. The van der Waals surface area contributed by atoms with E-state index in [2.05, 4.69) is 5.32 Å². The van der Waals surface area contributed by atoms with Crippen molar-refractivity contribution in [2.45, 2.75) is 27.2 Å². The van der Waals surface area contributed by atoms with Crippen LogP contribution in [-0.2, 0) is 16.0 Å². The first-order valence-corrected chi connectivity index (χ1v) is 8.12. The van der Waals surface area contributed by atoms with Gasteiger partial charge in [-0.1, -0.05) is 31.2 Å². The fourth-order valence-electron chi connectivity index (χ4n) is 2.65. The van der Waals surface area contributed by atoms with E-state index in [4.69, 9.17) is 5.26 Å². The van der Waals surface area contributed by atoms with E-state index in [1.165, 1.54) is 11.8 Å². The van der Waals surface area contributed by atoms with Crippen molar-refractivity contribution < 1.29 is 9.59 Å². The summed E-state index contributed by atoms with van der Waals surface area (Å²) in [6, 6.07) is 14.6. The summed E-state index contributed by atoms with van der Waals surface area (Å²) in [6.07, 6.45) is 0.804. The smallest absolute Gasteiger partial charge is 0.244 e. The van der Waals surface area contributed by atoms with Gasteiger partial charge in [0.25, 0.3) is 0 Å². The number of aryl methyl sites for hydroxylation is 2. The maximum atomic E-state index is 12.5. The zero-order chi connectivity index (χ0) is 18.4. The highest BCUT2D eigenvalue weighted by atomic mass is 16.2. The Bertz CT molecular complexity index is 837. The Morgan fingerprint density at radius 3 is 2.56 bits per heavy atom. The standard InChI is InChI=1S/C20H21N3O2/c1-4-17-9-5-7-14(2)20(17)22-19(25)13-23(15(3)24)18-10-6-8-16(11-18)12-21/h5-11H,4,13H2,1-3H3,(H,22,25). The average Bonchev–Trinajstić information content (AvgIpc) is 2.61. The highest BCUT2D eigenvalue weighted by molar-refractivity contribution is 6.02. The Labute approximate surface area is 147 Å². The van der Waals surface area contributed by atoms with Crippen molar-refractivity contribution in [2.24, 2.45) is 0 Å². The highest BCUT2D eigenvalue weighted by Crippen LogP contribution is 2.22. The molecule has 2 rings (SSSR count). The molecular formula is C20H21N3O2. The fraction of sp³-hybridized carbons (Fsp3) is 0.250. The summed E-state index contributed by atoms with van der Waals surface area (Å²) in [5, 5.41) is 11.9. The van der Waals surface area contributed by atoms with Crippen LogP contribution in [0.5, 0.6) is 0 Å². The quantitative estimate of drug-likeness (QED) is 0.910. The minimum absolute atomic E-state index is 0.109. The van der Waals surface area contributed by atoms with Gasteiger partial charge in [0.1, 0.15) is 6.54 Å². The summed E-state index contributed by atoms with van der Waals surface area (Å²) >= 11 is 0. The van der Waals surface area contributed by atoms with Crippen LogP contribution in [0.25, 0.3) is 0 Å². The van der Waals surface area contributed by atoms with Gasteiger partial charge in [0.05, 0.1) is 11.6 Å². The molecule has 0 bridgehead atoms. The van der Waals surface area contributed by atoms with Gasteiger partial charge < -0.3 is 10.2 Å². The number of carbonyl (C=O) groups is 2. The van der Waals surface area contributed by atoms with Crippen LogP contribution >= 0.6 is 0 Å². The number of hydrogen-bond donors (Lipinski definition) is 1. The van der Waals surface area contributed by atoms with Gasteiger partial charge in [-0.15, -0.1) is 0 Å². The van der Waals surface area contributed by atoms with Crippen molar-refractivity contribution in [3.63, 3.8) is 0 Å². The number of nitrogens with one attached hydrogen (secondary N) is 1. The van der Waals surface area contributed by atoms with Gasteiger partial charge in [-0.2, -0.15) is 5.26 Å². The molecule has 5 nitrogen and oxygen atoms in total. The third-order valence-corrected chi connectivity index (χ3v) is 3.97. The number of rotatable bonds is 5. The van der Waals surface area contributed by atoms with Crippen LogP contribution in [0.3, 0.4) is 0 Å². The number of hydrogen-bond acceptors (Lipinski definition) is 3. The molecule has 0 fully saturated rings. The molecule has 2 aromatic carbocycles. The molecule has 0 aromatic heterocycles. The molecule has 0 radical (unpaired) electrons. The third-order valence-electron chi connectivity index (χ3n) is 3.97. The van der Waals surface area contributed by atoms with Gasteiger partial charge >= 0.3 is 0 Å². The zero-order valence-electron chi connectivity index (χ0n) is 14.7. The summed E-state index contributed by atoms with van der Waals surface area (Å²) in [5.74, 6) is -0.535. The molecule has 25 heavy (non-hydrogen) atoms. The highest BCUT2D eigenvalue weighted by Gasteiger charge is 2.17. The molecule has 0 saturated heterocycles. The minimum atomic E-state index is -0.276. The van der Waals surface area contributed by atoms with Gasteiger partial charge in [0.15, 0.2) is 0 Å². The summed E-state index contributed by atoms with van der Waals surface area (Å²) in [7, 11) is 0. The Morgan fingerprint density at radius 2 is 1.92 bits per heavy atom. The number of para-hydroxylation sites is 1. The number of carbonyl (C=O) groups excluding carboxylic acids is 2. The Morgan fingerprint density at radius 1 is 1.20 bits per heavy atom. The summed E-state index contributed by atoms with van der Waals surface area (Å²) < 4.78 is 0. The van der Waals surface area contributed by atoms with Crippen molar-refractivity contribution >= 4 is 23.2 Å². The number of amides is 2. The molecule has 2 amide bonds. The number of anilines is 2. The van der Waals surface area contributed by atoms with E-state index < -0.39 is 0 Å². The molecule has 0 atom stereocenters. The molecule has 0 aliphatic heterocycles. The summed E-state index contributed by atoms with van der Waals surface area (Å²) in [4.78, 5) is 25.9. The van der Waals surface area contributed by atoms with Crippen LogP contribution in [0.15, 0.2) is 42.5 Å². The van der Waals surface area contributed by atoms with Crippen LogP contribution < -0.4 is 10.2 Å². The third kappa shape index (κ3) is 4.45. The van der Waals surface area contributed by atoms with Crippen LogP contribution in [0.1, 0.15) is 30.5 Å². The van der Waals surface area contributed by atoms with Gasteiger partial charge in [-0.25, -0.2) is 0 Å². The SMILES string of the molecule is CCc1cccc(C)c1NC(=O)CN(C(C)=O)c1cccc(C#N)c1. The lowest BCUT2D eigenvalue weighted by Gasteiger charge is -2.21. The monoisotopic (exact) mass is 335 g/mol. The Hall–Kier alpha value is -3.13. The maximum absolute atomic E-state index is 12.5. The largest absolute Gasteiger partial charge is 0.324 e. The predicted octanol–water partition coefficient (Wildman–Crippen LogP) is 3.42. The molecular weight excluding hydrogens is 314 g/mol. The molecule has 0 saturated carbocycles. The van der Waals surface area contributed by atoms with E-state index in [1.54, 1.807) is 24.3 Å². The first-order chi connectivity index (χ1) is 12.0. The van der Waals surface area contributed by atoms with Crippen molar-refractivity contribution in [2.75, 3.05) is 16.8 Å². The lowest BCUT2D eigenvalue weighted by atomic mass is 10.1. The van der Waals surface area contributed by atoms with Crippen LogP contribution in [0.2, 0.25) is 0 Å². The van der Waals surface area contributed by atoms with Crippen molar-refractivity contribution in [1.29, 1.82) is 5.26 Å². The normalized spacial score (nSPS) is 10.0. The average molecular weight is 335 g/mol. The first kappa shape index (κ1) is 18.2. The molecule has 2 aromatic rings. The first-order valence-electron chi connectivity index (χ1n) is 8.12. The maximum Gasteiger partial charge on any atom is 0.244 e. The molecule has 0 aliphatic rings. The van der Waals surface area contributed by atoms with Gasteiger partial charge in [0, 0.05) is 18.3 Å². The number of nitrogens with zero attached hydrogens (tertiary/aromatic N) is 2. The molecule has 128 valence electrons. The molecule has 1 N–H and O–H groups in total. The van der Waals surface area contributed by atoms with Gasteiger partial charge in [-0.05, 0) is 42.7 Å². The second-order valence-corrected chi connectivity index (χ2v) is 5.78. The topological polar surface area (TPSA) is 73.2 Å². The predicted molar refractivity (Wildman–Crippen MR) is 98.4 cm³/mol.